The molecule has 21 heavy (non-hydrogen) atoms. The Morgan fingerprint density at radius 3 is 2.62 bits per heavy atom. The van der Waals surface area contributed by atoms with E-state index in [1.54, 1.807) is 6.07 Å². The number of halogens is 2. The summed E-state index contributed by atoms with van der Waals surface area (Å²) in [6.45, 7) is 3.89. The van der Waals surface area contributed by atoms with Gasteiger partial charge in [-0.2, -0.15) is 0 Å². The second-order valence-electron chi connectivity index (χ2n) is 4.69. The lowest BCUT2D eigenvalue weighted by Crippen LogP contribution is -2.11. The maximum atomic E-state index is 11.9. The average molecular weight is 344 g/mol. The van der Waals surface area contributed by atoms with Crippen LogP contribution in [0.3, 0.4) is 0 Å². The minimum atomic E-state index is -0.372. The van der Waals surface area contributed by atoms with E-state index in [-0.39, 0.29) is 12.0 Å². The van der Waals surface area contributed by atoms with Gasteiger partial charge in [-0.15, -0.1) is 11.3 Å². The molecule has 2 aromatic rings. The van der Waals surface area contributed by atoms with E-state index >= 15 is 0 Å². The first-order valence-corrected chi connectivity index (χ1v) is 7.90. The third kappa shape index (κ3) is 3.70. The number of hydrogen-bond donors (Lipinski definition) is 1. The third-order valence-electron chi connectivity index (χ3n) is 3.10. The van der Waals surface area contributed by atoms with E-state index in [0.29, 0.717) is 19.9 Å². The summed E-state index contributed by atoms with van der Waals surface area (Å²) in [5.41, 5.74) is 3.11. The summed E-state index contributed by atoms with van der Waals surface area (Å²) in [7, 11) is 1.37. The van der Waals surface area contributed by atoms with Crippen LogP contribution in [0.15, 0.2) is 24.3 Å². The van der Waals surface area contributed by atoms with Gasteiger partial charge in [0.1, 0.15) is 0 Å². The Kier molecular flexibility index (Phi) is 5.14. The fraction of sp³-hybridized carbons (Fsp3) is 0.267. The van der Waals surface area contributed by atoms with Crippen LogP contribution in [0.2, 0.25) is 8.67 Å². The second-order valence-corrected chi connectivity index (χ2v) is 6.97. The topological polar surface area (TPSA) is 38.3 Å². The molecule has 1 unspecified atom stereocenters. The summed E-state index contributed by atoms with van der Waals surface area (Å²) in [6, 6.07) is 7.35. The van der Waals surface area contributed by atoms with Crippen LogP contribution in [-0.2, 0) is 4.74 Å². The minimum absolute atomic E-state index is 0.0765. The molecule has 6 heteroatoms. The Bertz CT molecular complexity index is 670. The van der Waals surface area contributed by atoms with Gasteiger partial charge in [-0.25, -0.2) is 4.79 Å². The number of anilines is 1. The molecule has 1 atom stereocenters. The maximum absolute atomic E-state index is 11.9. The quantitative estimate of drug-likeness (QED) is 0.763. The second kappa shape index (κ2) is 6.69. The predicted molar refractivity (Wildman–Crippen MR) is 88.9 cm³/mol. The minimum Gasteiger partial charge on any atom is -0.465 e. The molecule has 0 aliphatic carbocycles. The summed E-state index contributed by atoms with van der Waals surface area (Å²) in [5, 5.41) is 3.29. The number of hydrogen-bond acceptors (Lipinski definition) is 4. The Labute approximate surface area is 137 Å². The van der Waals surface area contributed by atoms with Crippen molar-refractivity contribution in [3.8, 4) is 0 Å². The van der Waals surface area contributed by atoms with Gasteiger partial charge >= 0.3 is 5.97 Å². The number of nitrogens with one attached hydrogen (secondary N) is 1. The molecule has 2 rings (SSSR count). The van der Waals surface area contributed by atoms with Gasteiger partial charge in [-0.1, -0.05) is 34.8 Å². The zero-order valence-electron chi connectivity index (χ0n) is 11.9. The molecule has 0 spiro atoms. The first-order chi connectivity index (χ1) is 9.92. The van der Waals surface area contributed by atoms with E-state index < -0.39 is 0 Å². The lowest BCUT2D eigenvalue weighted by atomic mass is 10.1. The van der Waals surface area contributed by atoms with Crippen molar-refractivity contribution in [3.05, 3.63) is 49.6 Å². The van der Waals surface area contributed by atoms with E-state index in [0.717, 1.165) is 11.1 Å². The smallest absolute Gasteiger partial charge is 0.339 e. The number of thiophene rings is 1. The van der Waals surface area contributed by atoms with Gasteiger partial charge < -0.3 is 10.1 Å². The number of carbonyl (C=O) groups excluding carboxylic acids is 1. The highest BCUT2D eigenvalue weighted by Crippen LogP contribution is 2.36. The van der Waals surface area contributed by atoms with E-state index in [4.69, 9.17) is 27.9 Å². The Balaban J connectivity index is 2.31. The van der Waals surface area contributed by atoms with Crippen molar-refractivity contribution >= 4 is 46.2 Å². The van der Waals surface area contributed by atoms with E-state index in [1.807, 2.05) is 32.0 Å². The highest BCUT2D eigenvalue weighted by atomic mass is 35.5. The number of benzene rings is 1. The third-order valence-corrected chi connectivity index (χ3v) is 4.62. The molecule has 1 heterocycles. The SMILES string of the molecule is COC(=O)c1cc(C)ccc1NC(C)c1cc(Cl)sc1Cl. The highest BCUT2D eigenvalue weighted by molar-refractivity contribution is 7.20. The Hall–Kier alpha value is -1.23. The van der Waals surface area contributed by atoms with Crippen LogP contribution < -0.4 is 5.32 Å². The van der Waals surface area contributed by atoms with Crippen molar-refractivity contribution in [2.24, 2.45) is 0 Å². The highest BCUT2D eigenvalue weighted by Gasteiger charge is 2.17. The fourth-order valence-corrected chi connectivity index (χ4v) is 3.67. The van der Waals surface area contributed by atoms with Crippen LogP contribution in [0, 0.1) is 6.92 Å². The normalized spacial score (nSPS) is 12.0. The molecule has 0 radical (unpaired) electrons. The van der Waals surface area contributed by atoms with Gasteiger partial charge in [0.25, 0.3) is 0 Å². The molecule has 1 aromatic carbocycles. The monoisotopic (exact) mass is 343 g/mol. The van der Waals surface area contributed by atoms with Crippen LogP contribution in [0.5, 0.6) is 0 Å². The number of aryl methyl sites for hydroxylation is 1. The number of esters is 1. The van der Waals surface area contributed by atoms with Crippen molar-refractivity contribution in [2.45, 2.75) is 19.9 Å². The number of ether oxygens (including phenoxy) is 1. The summed E-state index contributed by atoms with van der Waals surface area (Å²) < 4.78 is 6.11. The van der Waals surface area contributed by atoms with E-state index in [9.17, 15) is 4.79 Å². The fourth-order valence-electron chi connectivity index (χ4n) is 2.02. The molecule has 0 aliphatic rings. The predicted octanol–water partition coefficient (Wildman–Crippen LogP) is 5.32. The zero-order valence-corrected chi connectivity index (χ0v) is 14.2. The molecule has 0 saturated carbocycles. The van der Waals surface area contributed by atoms with Crippen LogP contribution in [0.1, 0.15) is 34.5 Å². The number of rotatable bonds is 4. The first-order valence-electron chi connectivity index (χ1n) is 6.32. The van der Waals surface area contributed by atoms with Crippen LogP contribution in [0.4, 0.5) is 5.69 Å². The average Bonchev–Trinajstić information content (AvgIpc) is 2.78. The van der Waals surface area contributed by atoms with Crippen LogP contribution in [-0.4, -0.2) is 13.1 Å². The van der Waals surface area contributed by atoms with Crippen LogP contribution in [0.25, 0.3) is 0 Å². The van der Waals surface area contributed by atoms with Crippen molar-refractivity contribution < 1.29 is 9.53 Å². The van der Waals surface area contributed by atoms with Crippen molar-refractivity contribution in [1.82, 2.24) is 0 Å². The largest absolute Gasteiger partial charge is 0.465 e. The molecule has 1 N–H and O–H groups in total. The van der Waals surface area contributed by atoms with E-state index in [2.05, 4.69) is 5.32 Å². The Morgan fingerprint density at radius 1 is 1.33 bits per heavy atom. The lowest BCUT2D eigenvalue weighted by molar-refractivity contribution is 0.0601. The maximum Gasteiger partial charge on any atom is 0.339 e. The van der Waals surface area contributed by atoms with E-state index in [1.165, 1.54) is 18.4 Å². The van der Waals surface area contributed by atoms with Gasteiger partial charge in [-0.05, 0) is 32.0 Å². The molecule has 0 saturated heterocycles. The van der Waals surface area contributed by atoms with Gasteiger partial charge in [0.2, 0.25) is 0 Å². The molecule has 0 bridgehead atoms. The van der Waals surface area contributed by atoms with Gasteiger partial charge in [0, 0.05) is 11.3 Å². The molecule has 0 fully saturated rings. The molecule has 1 aromatic heterocycles. The molecule has 3 nitrogen and oxygen atoms in total. The Morgan fingerprint density at radius 2 is 2.05 bits per heavy atom. The lowest BCUT2D eigenvalue weighted by Gasteiger charge is -2.17. The number of carbonyl (C=O) groups is 1. The summed E-state index contributed by atoms with van der Waals surface area (Å²) in [4.78, 5) is 11.9. The first kappa shape index (κ1) is 16.1. The van der Waals surface area contributed by atoms with Crippen LogP contribution >= 0.6 is 34.5 Å². The number of methoxy groups -OCH3 is 1. The molecular formula is C15H15Cl2NO2S. The zero-order chi connectivity index (χ0) is 15.6. The van der Waals surface area contributed by atoms with Crippen molar-refractivity contribution in [3.63, 3.8) is 0 Å². The molecule has 112 valence electrons. The van der Waals surface area contributed by atoms with Crippen molar-refractivity contribution in [2.75, 3.05) is 12.4 Å². The van der Waals surface area contributed by atoms with Gasteiger partial charge in [-0.3, -0.25) is 0 Å². The standard InChI is InChI=1S/C15H15Cl2NO2S/c1-8-4-5-12(11(6-8)15(19)20-3)18-9(2)10-7-13(16)21-14(10)17/h4-7,9,18H,1-3H3. The summed E-state index contributed by atoms with van der Waals surface area (Å²) in [6.07, 6.45) is 0. The van der Waals surface area contributed by atoms with Crippen molar-refractivity contribution in [1.29, 1.82) is 0 Å². The summed E-state index contributed by atoms with van der Waals surface area (Å²) in [5.74, 6) is -0.372. The molecular weight excluding hydrogens is 329 g/mol. The molecule has 0 aliphatic heterocycles. The summed E-state index contributed by atoms with van der Waals surface area (Å²) >= 11 is 13.5. The van der Waals surface area contributed by atoms with Gasteiger partial charge in [0.15, 0.2) is 0 Å². The molecule has 0 amide bonds. The van der Waals surface area contributed by atoms with Gasteiger partial charge in [0.05, 0.1) is 27.4 Å².